The summed E-state index contributed by atoms with van der Waals surface area (Å²) in [7, 11) is 0. The minimum absolute atomic E-state index is 0.0318. The molecule has 4 rings (SSSR count). The highest BCUT2D eigenvalue weighted by Gasteiger charge is 2.43. The molecule has 1 aliphatic heterocycles. The van der Waals surface area contributed by atoms with Gasteiger partial charge >= 0.3 is 6.03 Å². The van der Waals surface area contributed by atoms with E-state index in [-0.39, 0.29) is 6.03 Å². The van der Waals surface area contributed by atoms with Gasteiger partial charge in [-0.2, -0.15) is 0 Å². The van der Waals surface area contributed by atoms with E-state index in [1.165, 1.54) is 45.2 Å². The predicted molar refractivity (Wildman–Crippen MR) is 88.8 cm³/mol. The number of hydrogen-bond donors (Lipinski definition) is 2. The summed E-state index contributed by atoms with van der Waals surface area (Å²) in [5.74, 6) is 1.26. The van der Waals surface area contributed by atoms with Crippen molar-refractivity contribution in [2.24, 2.45) is 11.8 Å². The molecule has 0 spiro atoms. The Labute approximate surface area is 137 Å². The molecule has 5 nitrogen and oxygen atoms in total. The Kier molecular flexibility index (Phi) is 4.21. The normalized spacial score (nSPS) is 30.7. The maximum atomic E-state index is 12.3. The molecule has 0 radical (unpaired) electrons. The van der Waals surface area contributed by atoms with Crippen LogP contribution in [0.5, 0.6) is 0 Å². The van der Waals surface area contributed by atoms with Gasteiger partial charge in [-0.05, 0) is 49.1 Å². The summed E-state index contributed by atoms with van der Waals surface area (Å²) < 4.78 is 0. The third-order valence-corrected chi connectivity index (χ3v) is 5.64. The van der Waals surface area contributed by atoms with Crippen molar-refractivity contribution in [1.82, 2.24) is 20.5 Å². The quantitative estimate of drug-likeness (QED) is 0.895. The molecule has 3 fully saturated rings. The molecule has 0 unspecified atom stereocenters. The summed E-state index contributed by atoms with van der Waals surface area (Å²) in [6.07, 6.45) is 10.1. The first-order chi connectivity index (χ1) is 11.3. The SMILES string of the molecule is O=C(NCc1cccnc1)NC1[C@H]2CCC[C@H]1CN(C1CC1)C2. The second-order valence-electron chi connectivity index (χ2n) is 7.35. The molecule has 3 aliphatic rings. The fraction of sp³-hybridized carbons (Fsp3) is 0.667. The number of urea groups is 1. The van der Waals surface area contributed by atoms with Crippen molar-refractivity contribution in [2.45, 2.75) is 50.7 Å². The van der Waals surface area contributed by atoms with Gasteiger partial charge in [-0.25, -0.2) is 4.79 Å². The Balaban J connectivity index is 1.31. The van der Waals surface area contributed by atoms with Crippen LogP contribution < -0.4 is 10.6 Å². The van der Waals surface area contributed by atoms with Crippen LogP contribution in [0.3, 0.4) is 0 Å². The standard InChI is InChI=1S/C18H26N4O/c23-18(20-10-13-3-2-8-19-9-13)21-17-14-4-1-5-15(17)12-22(11-14)16-6-7-16/h2-3,8-9,14-17H,1,4-7,10-12H2,(H2,20,21,23)/t14-,15-/m0/s1. The Morgan fingerprint density at radius 2 is 2.00 bits per heavy atom. The number of piperidine rings is 1. The van der Waals surface area contributed by atoms with Crippen molar-refractivity contribution in [1.29, 1.82) is 0 Å². The first kappa shape index (κ1) is 14.9. The van der Waals surface area contributed by atoms with E-state index < -0.39 is 0 Å². The summed E-state index contributed by atoms with van der Waals surface area (Å²) in [6, 6.07) is 5.05. The molecule has 2 atom stereocenters. The van der Waals surface area contributed by atoms with Gasteiger partial charge in [0.1, 0.15) is 0 Å². The van der Waals surface area contributed by atoms with Crippen LogP contribution in [0, 0.1) is 11.8 Å². The van der Waals surface area contributed by atoms with Gasteiger partial charge in [0, 0.05) is 44.1 Å². The summed E-state index contributed by atoms with van der Waals surface area (Å²) in [6.45, 7) is 2.89. The average Bonchev–Trinajstić information content (AvgIpc) is 3.38. The number of aromatic nitrogens is 1. The summed E-state index contributed by atoms with van der Waals surface area (Å²) in [5.41, 5.74) is 1.03. The smallest absolute Gasteiger partial charge is 0.315 e. The van der Waals surface area contributed by atoms with Crippen LogP contribution in [0.25, 0.3) is 0 Å². The Morgan fingerprint density at radius 1 is 1.22 bits per heavy atom. The number of hydrogen-bond acceptors (Lipinski definition) is 3. The van der Waals surface area contributed by atoms with Crippen LogP contribution in [0.15, 0.2) is 24.5 Å². The van der Waals surface area contributed by atoms with E-state index in [2.05, 4.69) is 20.5 Å². The van der Waals surface area contributed by atoms with Gasteiger partial charge in [0.25, 0.3) is 0 Å². The number of fused-ring (bicyclic) bond motifs is 2. The molecule has 0 aromatic carbocycles. The number of carbonyl (C=O) groups is 1. The maximum Gasteiger partial charge on any atom is 0.315 e. The lowest BCUT2D eigenvalue weighted by molar-refractivity contribution is 0.0464. The highest BCUT2D eigenvalue weighted by atomic mass is 16.2. The van der Waals surface area contributed by atoms with Crippen LogP contribution in [0.1, 0.15) is 37.7 Å². The maximum absolute atomic E-state index is 12.3. The van der Waals surface area contributed by atoms with Crippen molar-refractivity contribution in [3.63, 3.8) is 0 Å². The molecular weight excluding hydrogens is 288 g/mol. The number of likely N-dealkylation sites (tertiary alicyclic amines) is 1. The molecule has 124 valence electrons. The number of carbonyl (C=O) groups excluding carboxylic acids is 1. The summed E-state index contributed by atoms with van der Waals surface area (Å²) >= 11 is 0. The molecule has 2 saturated carbocycles. The Hall–Kier alpha value is -1.62. The molecule has 1 saturated heterocycles. The van der Waals surface area contributed by atoms with E-state index in [1.807, 2.05) is 12.1 Å². The van der Waals surface area contributed by atoms with E-state index in [1.54, 1.807) is 12.4 Å². The zero-order chi connectivity index (χ0) is 15.6. The molecule has 2 heterocycles. The first-order valence-electron chi connectivity index (χ1n) is 8.97. The summed E-state index contributed by atoms with van der Waals surface area (Å²) in [4.78, 5) is 19.0. The van der Waals surface area contributed by atoms with Crippen LogP contribution in [-0.2, 0) is 6.54 Å². The van der Waals surface area contributed by atoms with Gasteiger partial charge in [0.15, 0.2) is 0 Å². The van der Waals surface area contributed by atoms with Crippen LogP contribution in [0.4, 0.5) is 4.79 Å². The zero-order valence-corrected chi connectivity index (χ0v) is 13.6. The van der Waals surface area contributed by atoms with E-state index in [4.69, 9.17) is 0 Å². The molecule has 1 aromatic rings. The lowest BCUT2D eigenvalue weighted by Gasteiger charge is -2.47. The third kappa shape index (κ3) is 3.50. The van der Waals surface area contributed by atoms with Crippen LogP contribution in [-0.4, -0.2) is 41.1 Å². The van der Waals surface area contributed by atoms with Gasteiger partial charge in [-0.3, -0.25) is 9.88 Å². The first-order valence-corrected chi connectivity index (χ1v) is 8.97. The fourth-order valence-corrected chi connectivity index (χ4v) is 4.33. The molecular formula is C18H26N4O. The minimum Gasteiger partial charge on any atom is -0.335 e. The minimum atomic E-state index is -0.0318. The number of amides is 2. The van der Waals surface area contributed by atoms with Gasteiger partial charge in [-0.15, -0.1) is 0 Å². The average molecular weight is 314 g/mol. The second kappa shape index (κ2) is 6.48. The second-order valence-corrected chi connectivity index (χ2v) is 7.35. The number of pyridine rings is 1. The topological polar surface area (TPSA) is 57.3 Å². The third-order valence-electron chi connectivity index (χ3n) is 5.64. The van der Waals surface area contributed by atoms with E-state index in [0.717, 1.165) is 11.6 Å². The lowest BCUT2D eigenvalue weighted by atomic mass is 9.73. The Bertz CT molecular complexity index is 531. The van der Waals surface area contributed by atoms with E-state index in [9.17, 15) is 4.79 Å². The molecule has 2 aliphatic carbocycles. The van der Waals surface area contributed by atoms with Crippen molar-refractivity contribution in [3.05, 3.63) is 30.1 Å². The van der Waals surface area contributed by atoms with Crippen molar-refractivity contribution in [2.75, 3.05) is 13.1 Å². The predicted octanol–water partition coefficient (Wildman–Crippen LogP) is 2.14. The van der Waals surface area contributed by atoms with Gasteiger partial charge in [-0.1, -0.05) is 12.5 Å². The Morgan fingerprint density at radius 3 is 2.65 bits per heavy atom. The monoisotopic (exact) mass is 314 g/mol. The molecule has 1 aromatic heterocycles. The molecule has 2 N–H and O–H groups in total. The number of rotatable bonds is 4. The molecule has 2 bridgehead atoms. The number of nitrogens with one attached hydrogen (secondary N) is 2. The van der Waals surface area contributed by atoms with Crippen molar-refractivity contribution in [3.8, 4) is 0 Å². The molecule has 23 heavy (non-hydrogen) atoms. The van der Waals surface area contributed by atoms with E-state index in [0.29, 0.717) is 24.4 Å². The number of nitrogens with zero attached hydrogens (tertiary/aromatic N) is 2. The largest absolute Gasteiger partial charge is 0.335 e. The lowest BCUT2D eigenvalue weighted by Crippen LogP contribution is -2.59. The highest BCUT2D eigenvalue weighted by molar-refractivity contribution is 5.74. The van der Waals surface area contributed by atoms with Gasteiger partial charge < -0.3 is 10.6 Å². The summed E-state index contributed by atoms with van der Waals surface area (Å²) in [5, 5.41) is 6.25. The highest BCUT2D eigenvalue weighted by Crippen LogP contribution is 2.39. The van der Waals surface area contributed by atoms with Crippen molar-refractivity contribution < 1.29 is 4.79 Å². The van der Waals surface area contributed by atoms with E-state index >= 15 is 0 Å². The molecule has 2 amide bonds. The van der Waals surface area contributed by atoms with Crippen LogP contribution >= 0.6 is 0 Å². The zero-order valence-electron chi connectivity index (χ0n) is 13.6. The van der Waals surface area contributed by atoms with Crippen LogP contribution in [0.2, 0.25) is 0 Å². The molecule has 5 heteroatoms. The fourth-order valence-electron chi connectivity index (χ4n) is 4.33. The van der Waals surface area contributed by atoms with Gasteiger partial charge in [0.2, 0.25) is 0 Å². The van der Waals surface area contributed by atoms with Crippen molar-refractivity contribution >= 4 is 6.03 Å². The van der Waals surface area contributed by atoms with Gasteiger partial charge in [0.05, 0.1) is 0 Å².